The number of nitrogens with one attached hydrogen (secondary N) is 1. The van der Waals surface area contributed by atoms with Crippen molar-refractivity contribution in [2.45, 2.75) is 6.42 Å². The number of hydrogen-bond donors (Lipinski definition) is 2. The van der Waals surface area contributed by atoms with Gasteiger partial charge in [0, 0.05) is 6.42 Å². The monoisotopic (exact) mass is 174 g/mol. The van der Waals surface area contributed by atoms with Gasteiger partial charge in [-0.15, -0.1) is 5.10 Å². The van der Waals surface area contributed by atoms with E-state index in [1.54, 1.807) is 0 Å². The standard InChI is InChI=1S/C9H10N4/c10-9-8(11-13-12-9)6-7-4-2-1-3-5-7/h1-5H,6H2,(H3,10,11,12,13). The smallest absolute Gasteiger partial charge is 0.142 e. The summed E-state index contributed by atoms with van der Waals surface area (Å²) in [5, 5.41) is 10.1. The first-order valence-corrected chi connectivity index (χ1v) is 4.05. The van der Waals surface area contributed by atoms with Crippen LogP contribution in [0.4, 0.5) is 5.82 Å². The Morgan fingerprint density at radius 1 is 1.23 bits per heavy atom. The number of hydrogen-bond acceptors (Lipinski definition) is 3. The van der Waals surface area contributed by atoms with Crippen LogP contribution in [0.1, 0.15) is 11.3 Å². The second-order valence-corrected chi connectivity index (χ2v) is 2.83. The summed E-state index contributed by atoms with van der Waals surface area (Å²) in [6.07, 6.45) is 0.725. The molecule has 0 saturated carbocycles. The second kappa shape index (κ2) is 3.26. The van der Waals surface area contributed by atoms with Crippen molar-refractivity contribution in [2.24, 2.45) is 0 Å². The van der Waals surface area contributed by atoms with Crippen molar-refractivity contribution in [3.8, 4) is 0 Å². The summed E-state index contributed by atoms with van der Waals surface area (Å²) in [7, 11) is 0. The number of aromatic nitrogens is 3. The molecule has 2 rings (SSSR count). The van der Waals surface area contributed by atoms with Crippen molar-refractivity contribution in [3.63, 3.8) is 0 Å². The summed E-state index contributed by atoms with van der Waals surface area (Å²) in [4.78, 5) is 0. The van der Waals surface area contributed by atoms with E-state index in [1.807, 2.05) is 30.3 Å². The van der Waals surface area contributed by atoms with E-state index in [2.05, 4.69) is 15.4 Å². The van der Waals surface area contributed by atoms with Gasteiger partial charge in [-0.3, -0.25) is 0 Å². The van der Waals surface area contributed by atoms with Crippen LogP contribution < -0.4 is 5.73 Å². The van der Waals surface area contributed by atoms with Gasteiger partial charge in [0.2, 0.25) is 0 Å². The van der Waals surface area contributed by atoms with Crippen molar-refractivity contribution >= 4 is 5.82 Å². The molecule has 2 aromatic rings. The largest absolute Gasteiger partial charge is 0.382 e. The van der Waals surface area contributed by atoms with Crippen molar-refractivity contribution in [1.82, 2.24) is 15.4 Å². The maximum Gasteiger partial charge on any atom is 0.142 e. The van der Waals surface area contributed by atoms with Crippen LogP contribution in [0.25, 0.3) is 0 Å². The third-order valence-electron chi connectivity index (χ3n) is 1.87. The van der Waals surface area contributed by atoms with Crippen LogP contribution in [-0.2, 0) is 6.42 Å². The van der Waals surface area contributed by atoms with E-state index in [1.165, 1.54) is 5.56 Å². The quantitative estimate of drug-likeness (QED) is 0.713. The van der Waals surface area contributed by atoms with Gasteiger partial charge in [0.1, 0.15) is 11.5 Å². The lowest BCUT2D eigenvalue weighted by Gasteiger charge is -1.96. The zero-order valence-electron chi connectivity index (χ0n) is 7.07. The van der Waals surface area contributed by atoms with Crippen LogP contribution in [0.15, 0.2) is 30.3 Å². The predicted octanol–water partition coefficient (Wildman–Crippen LogP) is 0.978. The zero-order chi connectivity index (χ0) is 9.10. The molecule has 0 atom stereocenters. The highest BCUT2D eigenvalue weighted by molar-refractivity contribution is 5.35. The minimum atomic E-state index is 0.545. The number of benzene rings is 1. The molecular weight excluding hydrogens is 164 g/mol. The molecule has 0 fully saturated rings. The Bertz CT molecular complexity index is 380. The molecule has 0 saturated heterocycles. The number of anilines is 1. The van der Waals surface area contributed by atoms with Crippen molar-refractivity contribution in [2.75, 3.05) is 5.73 Å². The Morgan fingerprint density at radius 3 is 2.62 bits per heavy atom. The van der Waals surface area contributed by atoms with Crippen LogP contribution in [0.3, 0.4) is 0 Å². The molecule has 13 heavy (non-hydrogen) atoms. The van der Waals surface area contributed by atoms with Gasteiger partial charge in [-0.2, -0.15) is 0 Å². The van der Waals surface area contributed by atoms with E-state index < -0.39 is 0 Å². The van der Waals surface area contributed by atoms with Gasteiger partial charge in [0.05, 0.1) is 0 Å². The Morgan fingerprint density at radius 2 is 2.00 bits per heavy atom. The zero-order valence-corrected chi connectivity index (χ0v) is 7.07. The summed E-state index contributed by atoms with van der Waals surface area (Å²) in [6.45, 7) is 0. The number of H-pyrrole nitrogens is 1. The van der Waals surface area contributed by atoms with Crippen molar-refractivity contribution < 1.29 is 0 Å². The van der Waals surface area contributed by atoms with Gasteiger partial charge in [0.25, 0.3) is 0 Å². The van der Waals surface area contributed by atoms with Crippen LogP contribution in [0, 0.1) is 0 Å². The molecule has 1 aromatic carbocycles. The molecule has 1 aromatic heterocycles. The molecule has 0 aliphatic rings. The molecule has 0 bridgehead atoms. The number of aromatic amines is 1. The first-order chi connectivity index (χ1) is 6.36. The molecule has 1 heterocycles. The lowest BCUT2D eigenvalue weighted by molar-refractivity contribution is 0.916. The lowest BCUT2D eigenvalue weighted by Crippen LogP contribution is -1.94. The highest BCUT2D eigenvalue weighted by atomic mass is 15.3. The fourth-order valence-electron chi connectivity index (χ4n) is 1.18. The van der Waals surface area contributed by atoms with Crippen molar-refractivity contribution in [3.05, 3.63) is 41.6 Å². The fourth-order valence-corrected chi connectivity index (χ4v) is 1.18. The van der Waals surface area contributed by atoms with E-state index >= 15 is 0 Å². The Hall–Kier alpha value is -1.84. The highest BCUT2D eigenvalue weighted by Gasteiger charge is 2.03. The van der Waals surface area contributed by atoms with Crippen molar-refractivity contribution in [1.29, 1.82) is 0 Å². The summed E-state index contributed by atoms with van der Waals surface area (Å²) in [6, 6.07) is 10.0. The molecule has 0 spiro atoms. The maximum absolute atomic E-state index is 5.61. The van der Waals surface area contributed by atoms with Gasteiger partial charge in [-0.25, -0.2) is 5.10 Å². The molecule has 4 nitrogen and oxygen atoms in total. The molecule has 0 aliphatic carbocycles. The molecule has 0 aliphatic heterocycles. The average molecular weight is 174 g/mol. The highest BCUT2D eigenvalue weighted by Crippen LogP contribution is 2.09. The first-order valence-electron chi connectivity index (χ1n) is 4.05. The Kier molecular flexibility index (Phi) is 1.96. The predicted molar refractivity (Wildman–Crippen MR) is 50.0 cm³/mol. The lowest BCUT2D eigenvalue weighted by atomic mass is 10.1. The molecule has 3 N–H and O–H groups in total. The summed E-state index contributed by atoms with van der Waals surface area (Å²) in [5.74, 6) is 0.545. The van der Waals surface area contributed by atoms with Gasteiger partial charge < -0.3 is 5.73 Å². The maximum atomic E-state index is 5.61. The number of nitrogen functional groups attached to an aromatic ring is 1. The number of nitrogens with two attached hydrogens (primary N) is 1. The minimum Gasteiger partial charge on any atom is -0.382 e. The Labute approximate surface area is 75.8 Å². The minimum absolute atomic E-state index is 0.545. The van der Waals surface area contributed by atoms with E-state index in [4.69, 9.17) is 5.73 Å². The summed E-state index contributed by atoms with van der Waals surface area (Å²) >= 11 is 0. The average Bonchev–Trinajstić information content (AvgIpc) is 2.54. The molecule has 66 valence electrons. The van der Waals surface area contributed by atoms with Gasteiger partial charge in [0.15, 0.2) is 0 Å². The van der Waals surface area contributed by atoms with E-state index in [9.17, 15) is 0 Å². The topological polar surface area (TPSA) is 67.6 Å². The first kappa shape index (κ1) is 7.79. The Balaban J connectivity index is 2.20. The van der Waals surface area contributed by atoms with Gasteiger partial charge in [-0.1, -0.05) is 35.5 Å². The fraction of sp³-hybridized carbons (Fsp3) is 0.111. The molecule has 0 radical (unpaired) electrons. The number of nitrogens with zero attached hydrogens (tertiary/aromatic N) is 2. The summed E-state index contributed by atoms with van der Waals surface area (Å²) in [5.41, 5.74) is 7.59. The SMILES string of the molecule is Nc1[nH]nnc1Cc1ccccc1. The molecular formula is C9H10N4. The molecule has 0 amide bonds. The van der Waals surface area contributed by atoms with Gasteiger partial charge in [-0.05, 0) is 5.56 Å². The molecule has 0 unspecified atom stereocenters. The van der Waals surface area contributed by atoms with Crippen LogP contribution >= 0.6 is 0 Å². The third-order valence-corrected chi connectivity index (χ3v) is 1.87. The van der Waals surface area contributed by atoms with E-state index in [0.717, 1.165) is 12.1 Å². The second-order valence-electron chi connectivity index (χ2n) is 2.83. The molecule has 4 heteroatoms. The van der Waals surface area contributed by atoms with Crippen LogP contribution in [-0.4, -0.2) is 15.4 Å². The van der Waals surface area contributed by atoms with Gasteiger partial charge >= 0.3 is 0 Å². The normalized spacial score (nSPS) is 10.2. The van der Waals surface area contributed by atoms with Crippen LogP contribution in [0.2, 0.25) is 0 Å². The third kappa shape index (κ3) is 1.66. The number of rotatable bonds is 2. The van der Waals surface area contributed by atoms with Crippen LogP contribution in [0.5, 0.6) is 0 Å². The van der Waals surface area contributed by atoms with E-state index in [0.29, 0.717) is 5.82 Å². The summed E-state index contributed by atoms with van der Waals surface area (Å²) < 4.78 is 0. The van der Waals surface area contributed by atoms with E-state index in [-0.39, 0.29) is 0 Å².